The summed E-state index contributed by atoms with van der Waals surface area (Å²) in [5.41, 5.74) is -4.55. The first-order chi connectivity index (χ1) is 28.4. The van der Waals surface area contributed by atoms with Crippen LogP contribution in [0.3, 0.4) is 0 Å². The van der Waals surface area contributed by atoms with Crippen LogP contribution in [0.25, 0.3) is 0 Å². The Morgan fingerprint density at radius 2 is 1.62 bits per heavy atom. The SMILES string of the molecule is CC[C@H]1OC(=O)[C@H](C)[C@@H](O[C@H]2C[C@@](C)(OC)[C@@H](O)[C@H](C)O2)[C@H](C)[C@@H](O[C@@H]2O[C@H](C)C[C@H](N(C)C)[C@H]2O)[C@](C)(O)C[C@@H](C)CN(CCCNC(=O)C2CCC2)[C@H](C)[C@@H](O)[C@]1(C)O. The van der Waals surface area contributed by atoms with E-state index in [1.807, 2.05) is 46.7 Å². The zero-order chi connectivity index (χ0) is 45.8. The van der Waals surface area contributed by atoms with Gasteiger partial charge < -0.3 is 64.2 Å². The highest BCUT2D eigenvalue weighted by molar-refractivity contribution is 5.79. The van der Waals surface area contributed by atoms with E-state index in [2.05, 4.69) is 10.2 Å². The number of hydrogen-bond donors (Lipinski definition) is 6. The summed E-state index contributed by atoms with van der Waals surface area (Å²) in [5.74, 6) is -2.66. The number of cyclic esters (lactones) is 1. The number of ether oxygens (including phenoxy) is 6. The topological polar surface area (TPSA) is 209 Å². The van der Waals surface area contributed by atoms with Gasteiger partial charge in [-0.1, -0.05) is 27.2 Å². The van der Waals surface area contributed by atoms with Gasteiger partial charge in [0.1, 0.15) is 30.0 Å². The number of methoxy groups -OCH3 is 1. The molecular weight excluding hydrogens is 791 g/mol. The lowest BCUT2D eigenvalue weighted by Gasteiger charge is -2.48. The molecular formula is C45H83N3O13. The van der Waals surface area contributed by atoms with Gasteiger partial charge in [-0.2, -0.15) is 0 Å². The fourth-order valence-corrected chi connectivity index (χ4v) is 10.2. The quantitative estimate of drug-likeness (QED) is 0.123. The number of amides is 1. The minimum absolute atomic E-state index is 0.0567. The van der Waals surface area contributed by atoms with Crippen LogP contribution in [0, 0.1) is 23.7 Å². The average molecular weight is 874 g/mol. The Bertz CT molecular complexity index is 1400. The van der Waals surface area contributed by atoms with Gasteiger partial charge in [0.25, 0.3) is 0 Å². The summed E-state index contributed by atoms with van der Waals surface area (Å²) in [5, 5.41) is 62.6. The predicted molar refractivity (Wildman–Crippen MR) is 228 cm³/mol. The summed E-state index contributed by atoms with van der Waals surface area (Å²) in [7, 11) is 5.27. The molecule has 61 heavy (non-hydrogen) atoms. The first kappa shape index (κ1) is 52.1. The fraction of sp³-hybridized carbons (Fsp3) is 0.956. The second-order valence-electron chi connectivity index (χ2n) is 20.0. The van der Waals surface area contributed by atoms with Crippen molar-refractivity contribution in [1.29, 1.82) is 0 Å². The molecule has 0 aromatic carbocycles. The van der Waals surface area contributed by atoms with Crippen LogP contribution in [0.1, 0.15) is 121 Å². The minimum atomic E-state index is -1.88. The summed E-state index contributed by atoms with van der Waals surface area (Å²) in [6.45, 7) is 18.9. The summed E-state index contributed by atoms with van der Waals surface area (Å²) >= 11 is 0. The maximum atomic E-state index is 14.5. The molecule has 3 heterocycles. The third kappa shape index (κ3) is 12.4. The molecule has 4 aliphatic rings. The normalized spacial score (nSPS) is 45.4. The molecule has 356 valence electrons. The van der Waals surface area contributed by atoms with Crippen molar-refractivity contribution < 1.29 is 63.5 Å². The molecule has 3 saturated heterocycles. The van der Waals surface area contributed by atoms with Crippen LogP contribution in [-0.2, 0) is 38.0 Å². The molecule has 16 heteroatoms. The molecule has 1 amide bonds. The number of hydrogen-bond acceptors (Lipinski definition) is 15. The Balaban J connectivity index is 1.77. The van der Waals surface area contributed by atoms with Crippen LogP contribution in [0.2, 0.25) is 0 Å². The Kier molecular flexibility index (Phi) is 18.5. The van der Waals surface area contributed by atoms with E-state index in [0.717, 1.165) is 19.3 Å². The standard InChI is InChI=1S/C45H83N3O13/c1-14-33-45(10,55)37(50)29(6)48(20-16-19-46-40(52)31-17-15-18-31)24-25(2)22-43(8,54)39(61-42-35(49)32(47(11)12)21-26(3)57-42)27(4)36(28(5)41(53)59-33)60-34-23-44(9,56-13)38(51)30(7)58-34/h25-39,42,49-51,54-55H,14-24H2,1-13H3,(H,46,52)/t25-,26-,27+,28-,29-,30+,32+,33-,34+,35-,36+,37-,38+,39-,42+,43-,44-,45-/m1/s1. The van der Waals surface area contributed by atoms with Crippen LogP contribution >= 0.6 is 0 Å². The van der Waals surface area contributed by atoms with E-state index in [9.17, 15) is 35.1 Å². The lowest BCUT2D eigenvalue weighted by Crippen LogP contribution is -2.60. The molecule has 4 fully saturated rings. The van der Waals surface area contributed by atoms with E-state index in [4.69, 9.17) is 28.4 Å². The number of carbonyl (C=O) groups is 2. The lowest BCUT2D eigenvalue weighted by molar-refractivity contribution is -0.318. The van der Waals surface area contributed by atoms with Gasteiger partial charge in [0.05, 0.1) is 41.5 Å². The number of nitrogens with zero attached hydrogens (tertiary/aromatic N) is 2. The van der Waals surface area contributed by atoms with Crippen molar-refractivity contribution in [1.82, 2.24) is 15.1 Å². The summed E-state index contributed by atoms with van der Waals surface area (Å²) in [4.78, 5) is 31.1. The van der Waals surface area contributed by atoms with Gasteiger partial charge in [-0.3, -0.25) is 14.5 Å². The Morgan fingerprint density at radius 3 is 2.20 bits per heavy atom. The molecule has 0 radical (unpaired) electrons. The fourth-order valence-electron chi connectivity index (χ4n) is 10.2. The molecule has 0 aromatic rings. The van der Waals surface area contributed by atoms with Gasteiger partial charge in [-0.15, -0.1) is 0 Å². The molecule has 1 aliphatic carbocycles. The van der Waals surface area contributed by atoms with Crippen LogP contribution in [-0.4, -0.2) is 178 Å². The predicted octanol–water partition coefficient (Wildman–Crippen LogP) is 2.58. The molecule has 3 aliphatic heterocycles. The summed E-state index contributed by atoms with van der Waals surface area (Å²) in [6, 6.07) is -0.932. The van der Waals surface area contributed by atoms with Gasteiger partial charge in [0.15, 0.2) is 12.6 Å². The van der Waals surface area contributed by atoms with Gasteiger partial charge in [-0.05, 0) is 107 Å². The molecule has 0 aromatic heterocycles. The first-order valence-electron chi connectivity index (χ1n) is 22.9. The van der Waals surface area contributed by atoms with E-state index in [1.54, 1.807) is 34.6 Å². The molecule has 1 saturated carbocycles. The van der Waals surface area contributed by atoms with Crippen molar-refractivity contribution in [2.45, 2.75) is 211 Å². The highest BCUT2D eigenvalue weighted by atomic mass is 16.7. The molecule has 6 N–H and O–H groups in total. The lowest BCUT2D eigenvalue weighted by atomic mass is 9.77. The van der Waals surface area contributed by atoms with E-state index in [1.165, 1.54) is 14.0 Å². The number of esters is 1. The van der Waals surface area contributed by atoms with Crippen molar-refractivity contribution in [2.75, 3.05) is 40.8 Å². The number of nitrogens with one attached hydrogen (secondary N) is 1. The van der Waals surface area contributed by atoms with Gasteiger partial charge in [-0.25, -0.2) is 0 Å². The number of likely N-dealkylation sites (N-methyl/N-ethyl adjacent to an activating group) is 1. The highest BCUT2D eigenvalue weighted by Gasteiger charge is 2.53. The van der Waals surface area contributed by atoms with E-state index in [-0.39, 0.29) is 49.2 Å². The monoisotopic (exact) mass is 874 g/mol. The zero-order valence-electron chi connectivity index (χ0n) is 39.4. The summed E-state index contributed by atoms with van der Waals surface area (Å²) in [6.07, 6.45) is -5.28. The minimum Gasteiger partial charge on any atom is -0.459 e. The van der Waals surface area contributed by atoms with Crippen LogP contribution in [0.4, 0.5) is 0 Å². The molecule has 0 spiro atoms. The van der Waals surface area contributed by atoms with E-state index >= 15 is 0 Å². The number of aliphatic hydroxyl groups excluding tert-OH is 3. The van der Waals surface area contributed by atoms with Crippen molar-refractivity contribution in [3.63, 3.8) is 0 Å². The molecule has 16 nitrogen and oxygen atoms in total. The Hall–Kier alpha value is -1.54. The Morgan fingerprint density at radius 1 is 0.967 bits per heavy atom. The Labute approximate surface area is 365 Å². The maximum absolute atomic E-state index is 14.5. The highest BCUT2D eigenvalue weighted by Crippen LogP contribution is 2.40. The van der Waals surface area contributed by atoms with Crippen molar-refractivity contribution in [3.05, 3.63) is 0 Å². The number of carbonyl (C=O) groups excluding carboxylic acids is 2. The second kappa shape index (κ2) is 21.6. The van der Waals surface area contributed by atoms with E-state index < -0.39 is 96.0 Å². The van der Waals surface area contributed by atoms with Gasteiger partial charge >= 0.3 is 5.97 Å². The average Bonchev–Trinajstić information content (AvgIpc) is 3.16. The second-order valence-corrected chi connectivity index (χ2v) is 20.0. The largest absolute Gasteiger partial charge is 0.459 e. The summed E-state index contributed by atoms with van der Waals surface area (Å²) < 4.78 is 38.0. The third-order valence-corrected chi connectivity index (χ3v) is 14.4. The molecule has 0 unspecified atom stereocenters. The van der Waals surface area contributed by atoms with Crippen molar-refractivity contribution >= 4 is 11.9 Å². The maximum Gasteiger partial charge on any atom is 0.311 e. The molecule has 4 rings (SSSR count). The number of rotatable bonds is 12. The van der Waals surface area contributed by atoms with Crippen molar-refractivity contribution in [2.24, 2.45) is 23.7 Å². The molecule has 18 atom stereocenters. The van der Waals surface area contributed by atoms with Crippen LogP contribution < -0.4 is 5.32 Å². The first-order valence-corrected chi connectivity index (χ1v) is 22.9. The van der Waals surface area contributed by atoms with Crippen molar-refractivity contribution in [3.8, 4) is 0 Å². The number of aliphatic hydroxyl groups is 5. The zero-order valence-corrected chi connectivity index (χ0v) is 39.4. The van der Waals surface area contributed by atoms with E-state index in [0.29, 0.717) is 32.5 Å². The van der Waals surface area contributed by atoms with Gasteiger partial charge in [0, 0.05) is 57.1 Å². The molecule has 0 bridgehead atoms. The van der Waals surface area contributed by atoms with Crippen LogP contribution in [0.5, 0.6) is 0 Å². The van der Waals surface area contributed by atoms with Crippen LogP contribution in [0.15, 0.2) is 0 Å². The van der Waals surface area contributed by atoms with Gasteiger partial charge in [0.2, 0.25) is 5.91 Å². The smallest absolute Gasteiger partial charge is 0.311 e. The third-order valence-electron chi connectivity index (χ3n) is 14.4.